The second-order valence-electron chi connectivity index (χ2n) is 4.49. The van der Waals surface area contributed by atoms with E-state index >= 15 is 0 Å². The molecule has 20 heavy (non-hydrogen) atoms. The zero-order valence-corrected chi connectivity index (χ0v) is 13.2. The van der Waals surface area contributed by atoms with Crippen molar-refractivity contribution >= 4 is 47.0 Å². The molecular weight excluding hydrogens is 318 g/mol. The van der Waals surface area contributed by atoms with E-state index in [9.17, 15) is 14.7 Å². The van der Waals surface area contributed by atoms with Gasteiger partial charge in [-0.2, -0.15) is 11.8 Å². The summed E-state index contributed by atoms with van der Waals surface area (Å²) in [6.07, 6.45) is 2.33. The molecule has 1 heterocycles. The lowest BCUT2D eigenvalue weighted by Crippen LogP contribution is -2.54. The minimum absolute atomic E-state index is 0.316. The predicted octanol–water partition coefficient (Wildman–Crippen LogP) is 2.75. The number of carbonyl (C=O) groups excluding carboxylic acids is 1. The summed E-state index contributed by atoms with van der Waals surface area (Å²) in [5.41, 5.74) is -0.864. The number of hydrogen-bond donors (Lipinski definition) is 2. The number of nitrogens with one attached hydrogen (secondary N) is 1. The molecule has 1 unspecified atom stereocenters. The van der Waals surface area contributed by atoms with Gasteiger partial charge in [-0.15, -0.1) is 11.8 Å². The summed E-state index contributed by atoms with van der Waals surface area (Å²) in [6.45, 7) is 0. The molecule has 1 fully saturated rings. The second kappa shape index (κ2) is 6.28. The fraction of sp³-hybridized carbons (Fsp3) is 0.385. The van der Waals surface area contributed by atoms with Gasteiger partial charge in [0.05, 0.1) is 10.6 Å². The van der Waals surface area contributed by atoms with Gasteiger partial charge in [0.2, 0.25) is 0 Å². The number of carboxylic acid groups (broad SMARTS) is 1. The third-order valence-electron chi connectivity index (χ3n) is 3.20. The molecule has 4 nitrogen and oxygen atoms in total. The van der Waals surface area contributed by atoms with Crippen LogP contribution in [0.2, 0.25) is 5.02 Å². The van der Waals surface area contributed by atoms with E-state index < -0.39 is 17.4 Å². The van der Waals surface area contributed by atoms with Crippen molar-refractivity contribution in [2.24, 2.45) is 0 Å². The fourth-order valence-electron chi connectivity index (χ4n) is 1.98. The molecule has 0 saturated carbocycles. The van der Waals surface area contributed by atoms with Crippen LogP contribution in [0.15, 0.2) is 23.1 Å². The van der Waals surface area contributed by atoms with Crippen LogP contribution in [0.1, 0.15) is 16.8 Å². The van der Waals surface area contributed by atoms with E-state index in [-0.39, 0.29) is 0 Å². The summed E-state index contributed by atoms with van der Waals surface area (Å²) in [4.78, 5) is 24.7. The second-order valence-corrected chi connectivity index (χ2v) is 6.88. The average molecular weight is 332 g/mol. The van der Waals surface area contributed by atoms with Gasteiger partial charge in [0.15, 0.2) is 0 Å². The first-order valence-corrected chi connectivity index (χ1v) is 8.71. The van der Waals surface area contributed by atoms with Crippen LogP contribution in [0, 0.1) is 0 Å². The van der Waals surface area contributed by atoms with Crippen LogP contribution < -0.4 is 5.32 Å². The normalized spacial score (nSPS) is 21.7. The zero-order valence-electron chi connectivity index (χ0n) is 10.8. The monoisotopic (exact) mass is 331 g/mol. The molecule has 0 radical (unpaired) electrons. The summed E-state index contributed by atoms with van der Waals surface area (Å²) in [5, 5.41) is 12.3. The van der Waals surface area contributed by atoms with Gasteiger partial charge in [-0.05, 0) is 36.6 Å². The molecule has 1 aromatic rings. The Morgan fingerprint density at radius 1 is 1.50 bits per heavy atom. The molecule has 7 heteroatoms. The van der Waals surface area contributed by atoms with Crippen molar-refractivity contribution in [3.05, 3.63) is 28.8 Å². The van der Waals surface area contributed by atoms with E-state index in [1.165, 1.54) is 23.5 Å². The van der Waals surface area contributed by atoms with E-state index in [1.807, 2.05) is 12.3 Å². The van der Waals surface area contributed by atoms with E-state index in [0.717, 1.165) is 10.6 Å². The first-order chi connectivity index (χ1) is 9.48. The SMILES string of the molecule is CSc1ccc(Cl)c(C(=O)NC2(C(=O)O)CCSC2)c1. The maximum absolute atomic E-state index is 12.3. The van der Waals surface area contributed by atoms with Crippen molar-refractivity contribution in [1.82, 2.24) is 5.32 Å². The summed E-state index contributed by atoms with van der Waals surface area (Å²) in [7, 11) is 0. The van der Waals surface area contributed by atoms with Gasteiger partial charge in [0, 0.05) is 10.6 Å². The molecule has 0 aromatic heterocycles. The van der Waals surface area contributed by atoms with E-state index in [4.69, 9.17) is 11.6 Å². The van der Waals surface area contributed by atoms with Crippen molar-refractivity contribution < 1.29 is 14.7 Å². The number of hydrogen-bond acceptors (Lipinski definition) is 4. The quantitative estimate of drug-likeness (QED) is 0.830. The van der Waals surface area contributed by atoms with Crippen molar-refractivity contribution in [1.29, 1.82) is 0 Å². The molecule has 0 bridgehead atoms. The number of halogens is 1. The Balaban J connectivity index is 2.25. The minimum Gasteiger partial charge on any atom is -0.479 e. The van der Waals surface area contributed by atoms with E-state index in [2.05, 4.69) is 5.32 Å². The number of thioether (sulfide) groups is 2. The highest BCUT2D eigenvalue weighted by atomic mass is 35.5. The summed E-state index contributed by atoms with van der Waals surface area (Å²) in [6, 6.07) is 5.15. The number of aliphatic carboxylic acids is 1. The van der Waals surface area contributed by atoms with Gasteiger partial charge >= 0.3 is 5.97 Å². The molecule has 2 N–H and O–H groups in total. The highest BCUT2D eigenvalue weighted by Crippen LogP contribution is 2.30. The van der Waals surface area contributed by atoms with Crippen LogP contribution in [0.4, 0.5) is 0 Å². The fourth-order valence-corrected chi connectivity index (χ4v) is 3.94. The summed E-state index contributed by atoms with van der Waals surface area (Å²) >= 11 is 9.06. The molecule has 1 aliphatic rings. The molecule has 1 atom stereocenters. The summed E-state index contributed by atoms with van der Waals surface area (Å²) < 4.78 is 0. The molecule has 1 aliphatic heterocycles. The van der Waals surface area contributed by atoms with E-state index in [0.29, 0.717) is 22.8 Å². The first kappa shape index (κ1) is 15.5. The Labute approximate surface area is 130 Å². The summed E-state index contributed by atoms with van der Waals surface area (Å²) in [5.74, 6) is -0.317. The van der Waals surface area contributed by atoms with Crippen LogP contribution in [-0.2, 0) is 4.79 Å². The van der Waals surface area contributed by atoms with Gasteiger partial charge in [-0.1, -0.05) is 11.6 Å². The Hall–Kier alpha value is -0.850. The lowest BCUT2D eigenvalue weighted by atomic mass is 9.98. The number of carbonyl (C=O) groups is 2. The number of amides is 1. The standard InChI is InChI=1S/C13H14ClNO3S2/c1-19-8-2-3-10(14)9(6-8)11(16)15-13(12(17)18)4-5-20-7-13/h2-3,6H,4-5,7H2,1H3,(H,15,16)(H,17,18). The van der Waals surface area contributed by atoms with Gasteiger partial charge in [0.25, 0.3) is 5.91 Å². The van der Waals surface area contributed by atoms with Crippen LogP contribution in [-0.4, -0.2) is 40.3 Å². The van der Waals surface area contributed by atoms with Crippen molar-refractivity contribution in [3.8, 4) is 0 Å². The van der Waals surface area contributed by atoms with Gasteiger partial charge in [0.1, 0.15) is 5.54 Å². The lowest BCUT2D eigenvalue weighted by molar-refractivity contribution is -0.143. The average Bonchev–Trinajstić information content (AvgIpc) is 2.89. The van der Waals surface area contributed by atoms with Crippen molar-refractivity contribution in [2.75, 3.05) is 17.8 Å². The molecular formula is C13H14ClNO3S2. The van der Waals surface area contributed by atoms with Gasteiger partial charge in [-0.3, -0.25) is 4.79 Å². The topological polar surface area (TPSA) is 66.4 Å². The maximum atomic E-state index is 12.3. The maximum Gasteiger partial charge on any atom is 0.330 e. The van der Waals surface area contributed by atoms with Crippen molar-refractivity contribution in [2.45, 2.75) is 16.9 Å². The molecule has 1 aromatic carbocycles. The van der Waals surface area contributed by atoms with Crippen LogP contribution >= 0.6 is 35.1 Å². The number of carboxylic acids is 1. The number of benzene rings is 1. The van der Waals surface area contributed by atoms with Crippen LogP contribution in [0.25, 0.3) is 0 Å². The Morgan fingerprint density at radius 2 is 2.25 bits per heavy atom. The van der Waals surface area contributed by atoms with Crippen LogP contribution in [0.3, 0.4) is 0 Å². The van der Waals surface area contributed by atoms with Gasteiger partial charge < -0.3 is 10.4 Å². The molecule has 0 aliphatic carbocycles. The smallest absolute Gasteiger partial charge is 0.330 e. The molecule has 1 amide bonds. The highest BCUT2D eigenvalue weighted by molar-refractivity contribution is 7.99. The first-order valence-electron chi connectivity index (χ1n) is 5.96. The third kappa shape index (κ3) is 3.07. The van der Waals surface area contributed by atoms with E-state index in [1.54, 1.807) is 12.1 Å². The van der Waals surface area contributed by atoms with Gasteiger partial charge in [-0.25, -0.2) is 4.79 Å². The molecule has 108 valence electrons. The third-order valence-corrected chi connectivity index (χ3v) is 5.45. The predicted molar refractivity (Wildman–Crippen MR) is 83.0 cm³/mol. The Bertz CT molecular complexity index is 544. The Kier molecular flexibility index (Phi) is 4.88. The highest BCUT2D eigenvalue weighted by Gasteiger charge is 2.43. The van der Waals surface area contributed by atoms with Crippen molar-refractivity contribution in [3.63, 3.8) is 0 Å². The lowest BCUT2D eigenvalue weighted by Gasteiger charge is -2.24. The molecule has 2 rings (SSSR count). The zero-order chi connectivity index (χ0) is 14.8. The minimum atomic E-state index is -1.18. The van der Waals surface area contributed by atoms with Crippen LogP contribution in [0.5, 0.6) is 0 Å². The largest absolute Gasteiger partial charge is 0.479 e. The molecule has 1 saturated heterocycles. The Morgan fingerprint density at radius 3 is 2.80 bits per heavy atom. The molecule has 0 spiro atoms. The number of rotatable bonds is 4.